The Morgan fingerprint density at radius 1 is 0.963 bits per heavy atom. The van der Waals surface area contributed by atoms with Crippen LogP contribution in [0.4, 0.5) is 5.69 Å². The van der Waals surface area contributed by atoms with E-state index >= 15 is 0 Å². The van der Waals surface area contributed by atoms with Gasteiger partial charge in [-0.2, -0.15) is 0 Å². The SMILES string of the molecule is COc1cccc(Oc2cccc(NC(=O)c3nccc(OC)c3O)c2)c1. The number of carbonyl (C=O) groups excluding carboxylic acids is 1. The van der Waals surface area contributed by atoms with Crippen LogP contribution in [-0.4, -0.2) is 30.2 Å². The van der Waals surface area contributed by atoms with Crippen LogP contribution in [0.3, 0.4) is 0 Å². The minimum absolute atomic E-state index is 0.131. The second-order valence-corrected chi connectivity index (χ2v) is 5.47. The summed E-state index contributed by atoms with van der Waals surface area (Å²) in [7, 11) is 2.98. The van der Waals surface area contributed by atoms with Crippen molar-refractivity contribution in [2.45, 2.75) is 0 Å². The largest absolute Gasteiger partial charge is 0.503 e. The number of methoxy groups -OCH3 is 2. The summed E-state index contributed by atoms with van der Waals surface area (Å²) in [5.41, 5.74) is 0.359. The molecule has 0 saturated heterocycles. The van der Waals surface area contributed by atoms with Gasteiger partial charge in [-0.3, -0.25) is 4.79 Å². The van der Waals surface area contributed by atoms with Gasteiger partial charge >= 0.3 is 0 Å². The summed E-state index contributed by atoms with van der Waals surface area (Å²) in [6.07, 6.45) is 1.38. The van der Waals surface area contributed by atoms with Gasteiger partial charge in [0.2, 0.25) is 0 Å². The molecule has 1 aromatic heterocycles. The van der Waals surface area contributed by atoms with Gasteiger partial charge in [-0.05, 0) is 24.3 Å². The molecule has 0 fully saturated rings. The lowest BCUT2D eigenvalue weighted by atomic mass is 10.2. The Labute approximate surface area is 156 Å². The monoisotopic (exact) mass is 366 g/mol. The van der Waals surface area contributed by atoms with Crippen molar-refractivity contribution in [3.05, 3.63) is 66.5 Å². The smallest absolute Gasteiger partial charge is 0.278 e. The highest BCUT2D eigenvalue weighted by atomic mass is 16.5. The van der Waals surface area contributed by atoms with Crippen LogP contribution in [0.25, 0.3) is 0 Å². The third-order valence-corrected chi connectivity index (χ3v) is 3.69. The molecular formula is C20H18N2O5. The quantitative estimate of drug-likeness (QED) is 0.689. The van der Waals surface area contributed by atoms with Crippen LogP contribution < -0.4 is 19.5 Å². The van der Waals surface area contributed by atoms with Crippen molar-refractivity contribution in [1.82, 2.24) is 4.98 Å². The highest BCUT2D eigenvalue weighted by molar-refractivity contribution is 6.05. The van der Waals surface area contributed by atoms with Gasteiger partial charge in [0.05, 0.1) is 14.2 Å². The third-order valence-electron chi connectivity index (χ3n) is 3.69. The first kappa shape index (κ1) is 18.1. The molecule has 7 heteroatoms. The summed E-state index contributed by atoms with van der Waals surface area (Å²) in [4.78, 5) is 16.3. The Balaban J connectivity index is 1.76. The molecule has 138 valence electrons. The maximum absolute atomic E-state index is 12.4. The van der Waals surface area contributed by atoms with Gasteiger partial charge < -0.3 is 24.6 Å². The number of aromatic nitrogens is 1. The number of carbonyl (C=O) groups is 1. The Bertz CT molecular complexity index is 959. The molecule has 0 unspecified atom stereocenters. The fourth-order valence-corrected chi connectivity index (χ4v) is 2.40. The highest BCUT2D eigenvalue weighted by Crippen LogP contribution is 2.29. The fraction of sp³-hybridized carbons (Fsp3) is 0.100. The lowest BCUT2D eigenvalue weighted by Gasteiger charge is -2.11. The maximum Gasteiger partial charge on any atom is 0.278 e. The van der Waals surface area contributed by atoms with Gasteiger partial charge in [0.15, 0.2) is 17.2 Å². The van der Waals surface area contributed by atoms with Crippen molar-refractivity contribution in [2.75, 3.05) is 19.5 Å². The molecule has 3 rings (SSSR count). The van der Waals surface area contributed by atoms with E-state index in [2.05, 4.69) is 10.3 Å². The Morgan fingerprint density at radius 2 is 1.67 bits per heavy atom. The highest BCUT2D eigenvalue weighted by Gasteiger charge is 2.17. The van der Waals surface area contributed by atoms with Crippen LogP contribution in [0.1, 0.15) is 10.5 Å². The summed E-state index contributed by atoms with van der Waals surface area (Å²) in [5.74, 6) is 1.10. The zero-order valence-electron chi connectivity index (χ0n) is 14.8. The van der Waals surface area contributed by atoms with E-state index in [-0.39, 0.29) is 17.2 Å². The zero-order valence-corrected chi connectivity index (χ0v) is 14.8. The normalized spacial score (nSPS) is 10.1. The molecule has 0 atom stereocenters. The second-order valence-electron chi connectivity index (χ2n) is 5.47. The number of benzene rings is 2. The van der Waals surface area contributed by atoms with Crippen LogP contribution in [0.15, 0.2) is 60.8 Å². The summed E-state index contributed by atoms with van der Waals surface area (Å²) >= 11 is 0. The number of hydrogen-bond acceptors (Lipinski definition) is 6. The minimum atomic E-state index is -0.565. The van der Waals surface area contributed by atoms with Crippen molar-refractivity contribution < 1.29 is 24.1 Å². The predicted octanol–water partition coefficient (Wildman–Crippen LogP) is 3.85. The average molecular weight is 366 g/mol. The predicted molar refractivity (Wildman–Crippen MR) is 99.9 cm³/mol. The molecule has 0 bridgehead atoms. The molecule has 0 aliphatic rings. The lowest BCUT2D eigenvalue weighted by Crippen LogP contribution is -2.14. The Hall–Kier alpha value is -3.74. The molecule has 27 heavy (non-hydrogen) atoms. The third kappa shape index (κ3) is 4.27. The van der Waals surface area contributed by atoms with Gasteiger partial charge in [-0.1, -0.05) is 12.1 Å². The Kier molecular flexibility index (Phi) is 5.41. The number of aromatic hydroxyl groups is 1. The van der Waals surface area contributed by atoms with Gasteiger partial charge in [0.25, 0.3) is 5.91 Å². The first-order valence-corrected chi connectivity index (χ1v) is 8.06. The molecule has 0 aliphatic carbocycles. The van der Waals surface area contributed by atoms with E-state index in [1.54, 1.807) is 43.5 Å². The van der Waals surface area contributed by atoms with Crippen LogP contribution in [0, 0.1) is 0 Å². The van der Waals surface area contributed by atoms with E-state index in [0.717, 1.165) is 0 Å². The maximum atomic E-state index is 12.4. The van der Waals surface area contributed by atoms with E-state index in [1.807, 2.05) is 12.1 Å². The number of hydrogen-bond donors (Lipinski definition) is 2. The molecular weight excluding hydrogens is 348 g/mol. The van der Waals surface area contributed by atoms with E-state index in [9.17, 15) is 9.90 Å². The van der Waals surface area contributed by atoms with Crippen LogP contribution in [-0.2, 0) is 0 Å². The Morgan fingerprint density at radius 3 is 2.41 bits per heavy atom. The van der Waals surface area contributed by atoms with Crippen molar-refractivity contribution in [1.29, 1.82) is 0 Å². The van der Waals surface area contributed by atoms with Crippen molar-refractivity contribution in [2.24, 2.45) is 0 Å². The summed E-state index contributed by atoms with van der Waals surface area (Å²) in [6, 6.07) is 15.5. The van der Waals surface area contributed by atoms with Gasteiger partial charge in [-0.15, -0.1) is 0 Å². The first-order valence-electron chi connectivity index (χ1n) is 8.06. The van der Waals surface area contributed by atoms with Gasteiger partial charge in [0, 0.05) is 30.1 Å². The number of rotatable bonds is 6. The lowest BCUT2D eigenvalue weighted by molar-refractivity contribution is 0.101. The van der Waals surface area contributed by atoms with E-state index in [4.69, 9.17) is 14.2 Å². The minimum Gasteiger partial charge on any atom is -0.503 e. The summed E-state index contributed by atoms with van der Waals surface area (Å²) in [5, 5.41) is 12.7. The molecule has 3 aromatic rings. The van der Waals surface area contributed by atoms with Crippen LogP contribution >= 0.6 is 0 Å². The molecule has 1 amide bonds. The fourth-order valence-electron chi connectivity index (χ4n) is 2.40. The van der Waals surface area contributed by atoms with Crippen LogP contribution in [0.5, 0.6) is 28.7 Å². The number of anilines is 1. The summed E-state index contributed by atoms with van der Waals surface area (Å²) in [6.45, 7) is 0. The van der Waals surface area contributed by atoms with Gasteiger partial charge in [-0.25, -0.2) is 4.98 Å². The molecule has 1 heterocycles. The van der Waals surface area contributed by atoms with Crippen molar-refractivity contribution in [3.8, 4) is 28.7 Å². The van der Waals surface area contributed by atoms with E-state index in [1.165, 1.54) is 19.4 Å². The molecule has 2 N–H and O–H groups in total. The zero-order chi connectivity index (χ0) is 19.2. The standard InChI is InChI=1S/C20H18N2O5/c1-25-14-6-4-8-16(12-14)27-15-7-3-5-13(11-15)22-20(24)18-19(23)17(26-2)9-10-21-18/h3-12,23H,1-2H3,(H,22,24). The molecule has 0 saturated carbocycles. The van der Waals surface area contributed by atoms with E-state index < -0.39 is 5.91 Å². The second kappa shape index (κ2) is 8.09. The number of amides is 1. The molecule has 0 aliphatic heterocycles. The van der Waals surface area contributed by atoms with Gasteiger partial charge in [0.1, 0.15) is 17.2 Å². The van der Waals surface area contributed by atoms with Crippen LogP contribution in [0.2, 0.25) is 0 Å². The molecule has 0 radical (unpaired) electrons. The summed E-state index contributed by atoms with van der Waals surface area (Å²) < 4.78 is 16.0. The number of nitrogens with one attached hydrogen (secondary N) is 1. The van der Waals surface area contributed by atoms with E-state index in [0.29, 0.717) is 22.9 Å². The van der Waals surface area contributed by atoms with Crippen molar-refractivity contribution >= 4 is 11.6 Å². The average Bonchev–Trinajstić information content (AvgIpc) is 2.68. The number of ether oxygens (including phenoxy) is 3. The van der Waals surface area contributed by atoms with Crippen molar-refractivity contribution in [3.63, 3.8) is 0 Å². The molecule has 2 aromatic carbocycles. The number of nitrogens with zero attached hydrogens (tertiary/aromatic N) is 1. The first-order chi connectivity index (χ1) is 13.1. The molecule has 0 spiro atoms. The topological polar surface area (TPSA) is 89.9 Å². The number of pyridine rings is 1. The molecule has 7 nitrogen and oxygen atoms in total.